The largest absolute Gasteiger partial charge is 0.282 e. The van der Waals surface area contributed by atoms with Crippen molar-refractivity contribution in [2.24, 2.45) is 0 Å². The minimum atomic E-state index is -3.34. The van der Waals surface area contributed by atoms with Crippen LogP contribution in [0.3, 0.4) is 0 Å². The highest BCUT2D eigenvalue weighted by molar-refractivity contribution is 7.86. The number of hydrogen-bond donors (Lipinski definition) is 0. The van der Waals surface area contributed by atoms with Crippen molar-refractivity contribution in [1.82, 2.24) is 8.61 Å². The quantitative estimate of drug-likeness (QED) is 0.861. The Morgan fingerprint density at radius 2 is 1.81 bits per heavy atom. The van der Waals surface area contributed by atoms with Gasteiger partial charge in [-0.25, -0.2) is 0 Å². The summed E-state index contributed by atoms with van der Waals surface area (Å²) in [6, 6.07) is 8.25. The third-order valence-corrected chi connectivity index (χ3v) is 6.78. The zero-order valence-electron chi connectivity index (χ0n) is 12.7. The highest BCUT2D eigenvalue weighted by Crippen LogP contribution is 2.35. The minimum Gasteiger partial charge on any atom is -0.195 e. The maximum Gasteiger partial charge on any atom is 0.282 e. The highest BCUT2D eigenvalue weighted by Gasteiger charge is 2.35. The molecule has 1 heterocycles. The van der Waals surface area contributed by atoms with E-state index in [9.17, 15) is 8.42 Å². The van der Waals surface area contributed by atoms with Gasteiger partial charge in [-0.05, 0) is 43.2 Å². The molecule has 21 heavy (non-hydrogen) atoms. The molecule has 0 amide bonds. The number of hydrogen-bond acceptors (Lipinski definition) is 2. The summed E-state index contributed by atoms with van der Waals surface area (Å²) in [4.78, 5) is 0. The first kappa shape index (κ1) is 15.0. The van der Waals surface area contributed by atoms with Gasteiger partial charge in [0, 0.05) is 20.1 Å². The van der Waals surface area contributed by atoms with Crippen LogP contribution in [-0.4, -0.2) is 37.2 Å². The molecule has 4 nitrogen and oxygen atoms in total. The van der Waals surface area contributed by atoms with Crippen LogP contribution in [0.4, 0.5) is 0 Å². The lowest BCUT2D eigenvalue weighted by atomic mass is 9.88. The molecule has 0 bridgehead atoms. The summed E-state index contributed by atoms with van der Waals surface area (Å²) in [7, 11) is -1.59. The number of benzene rings is 1. The summed E-state index contributed by atoms with van der Waals surface area (Å²) in [5, 5.41) is 0. The third kappa shape index (κ3) is 2.87. The molecule has 0 spiro atoms. The maximum absolute atomic E-state index is 12.8. The lowest BCUT2D eigenvalue weighted by molar-refractivity contribution is 0.277. The van der Waals surface area contributed by atoms with E-state index in [1.807, 2.05) is 12.1 Å². The van der Waals surface area contributed by atoms with Crippen molar-refractivity contribution in [2.45, 2.75) is 44.6 Å². The van der Waals surface area contributed by atoms with Gasteiger partial charge in [0.25, 0.3) is 10.2 Å². The van der Waals surface area contributed by atoms with E-state index in [0.29, 0.717) is 13.1 Å². The number of fused-ring (bicyclic) bond motifs is 1. The molecule has 0 N–H and O–H groups in total. The Bertz CT molecular complexity index is 594. The smallest absolute Gasteiger partial charge is 0.195 e. The van der Waals surface area contributed by atoms with Crippen molar-refractivity contribution in [2.75, 3.05) is 20.1 Å². The second-order valence-electron chi connectivity index (χ2n) is 6.09. The fourth-order valence-electron chi connectivity index (χ4n) is 3.54. The lowest BCUT2D eigenvalue weighted by Crippen LogP contribution is -2.46. The fourth-order valence-corrected chi connectivity index (χ4v) is 5.17. The Hall–Kier alpha value is -0.910. The summed E-state index contributed by atoms with van der Waals surface area (Å²) in [6.45, 7) is 1.34. The number of piperidine rings is 1. The van der Waals surface area contributed by atoms with Gasteiger partial charge < -0.3 is 0 Å². The van der Waals surface area contributed by atoms with E-state index in [1.54, 1.807) is 15.7 Å². The van der Waals surface area contributed by atoms with Crippen molar-refractivity contribution in [1.29, 1.82) is 0 Å². The normalized spacial score (nSPS) is 24.0. The molecule has 2 aliphatic rings. The Morgan fingerprint density at radius 1 is 1.10 bits per heavy atom. The summed E-state index contributed by atoms with van der Waals surface area (Å²) in [5.74, 6) is 0. The molecule has 3 rings (SSSR count). The Labute approximate surface area is 127 Å². The van der Waals surface area contributed by atoms with E-state index in [2.05, 4.69) is 12.1 Å². The standard InChI is InChI=1S/C16H24N2O2S/c1-17(21(19,20)18-12-5-2-6-13-18)16-11-7-9-14-8-3-4-10-15(14)16/h3-4,8,10,16H,2,5-7,9,11-13H2,1H3. The van der Waals surface area contributed by atoms with E-state index in [0.717, 1.165) is 38.5 Å². The zero-order valence-corrected chi connectivity index (χ0v) is 13.5. The predicted octanol–water partition coefficient (Wildman–Crippen LogP) is 2.73. The van der Waals surface area contributed by atoms with E-state index < -0.39 is 10.2 Å². The second-order valence-corrected chi connectivity index (χ2v) is 8.08. The summed E-state index contributed by atoms with van der Waals surface area (Å²) < 4.78 is 29.0. The molecule has 1 aliphatic heterocycles. The number of rotatable bonds is 3. The van der Waals surface area contributed by atoms with Gasteiger partial charge in [0.1, 0.15) is 0 Å². The zero-order chi connectivity index (χ0) is 14.9. The number of nitrogens with zero attached hydrogens (tertiary/aromatic N) is 2. The molecule has 1 unspecified atom stereocenters. The van der Waals surface area contributed by atoms with Crippen LogP contribution in [0, 0.1) is 0 Å². The van der Waals surface area contributed by atoms with Gasteiger partial charge in [-0.15, -0.1) is 0 Å². The van der Waals surface area contributed by atoms with Crippen molar-refractivity contribution < 1.29 is 8.42 Å². The Balaban J connectivity index is 1.87. The van der Waals surface area contributed by atoms with Crippen LogP contribution in [0.5, 0.6) is 0 Å². The molecule has 5 heteroatoms. The SMILES string of the molecule is CN(C1CCCc2ccccc21)S(=O)(=O)N1CCCCC1. The van der Waals surface area contributed by atoms with Gasteiger partial charge in [-0.2, -0.15) is 17.0 Å². The predicted molar refractivity (Wildman–Crippen MR) is 84.2 cm³/mol. The minimum absolute atomic E-state index is 0.0122. The van der Waals surface area contributed by atoms with Gasteiger partial charge in [-0.3, -0.25) is 0 Å². The molecule has 116 valence electrons. The first-order valence-electron chi connectivity index (χ1n) is 7.91. The van der Waals surface area contributed by atoms with Crippen LogP contribution in [0.25, 0.3) is 0 Å². The molecule has 1 fully saturated rings. The Morgan fingerprint density at radius 3 is 2.57 bits per heavy atom. The molecule has 1 aromatic rings. The third-order valence-electron chi connectivity index (χ3n) is 4.78. The summed E-state index contributed by atoms with van der Waals surface area (Å²) in [5.41, 5.74) is 2.49. The van der Waals surface area contributed by atoms with Crippen molar-refractivity contribution >= 4 is 10.2 Å². The van der Waals surface area contributed by atoms with Crippen molar-refractivity contribution in [3.05, 3.63) is 35.4 Å². The molecular formula is C16H24N2O2S. The van der Waals surface area contributed by atoms with Gasteiger partial charge in [0.15, 0.2) is 0 Å². The van der Waals surface area contributed by atoms with Crippen LogP contribution in [0.1, 0.15) is 49.3 Å². The van der Waals surface area contributed by atoms with Crippen molar-refractivity contribution in [3.63, 3.8) is 0 Å². The summed E-state index contributed by atoms with van der Waals surface area (Å²) in [6.07, 6.45) is 6.14. The van der Waals surface area contributed by atoms with Crippen LogP contribution in [0.2, 0.25) is 0 Å². The van der Waals surface area contributed by atoms with Crippen LogP contribution < -0.4 is 0 Å². The first-order chi connectivity index (χ1) is 10.1. The molecule has 0 saturated carbocycles. The number of aryl methyl sites for hydroxylation is 1. The van der Waals surface area contributed by atoms with E-state index in [4.69, 9.17) is 0 Å². The summed E-state index contributed by atoms with van der Waals surface area (Å²) >= 11 is 0. The van der Waals surface area contributed by atoms with Crippen LogP contribution in [0.15, 0.2) is 24.3 Å². The van der Waals surface area contributed by atoms with Crippen LogP contribution >= 0.6 is 0 Å². The monoisotopic (exact) mass is 308 g/mol. The molecule has 1 saturated heterocycles. The molecule has 1 aromatic carbocycles. The average molecular weight is 308 g/mol. The topological polar surface area (TPSA) is 40.6 Å². The maximum atomic E-state index is 12.8. The molecule has 0 aromatic heterocycles. The molecule has 1 aliphatic carbocycles. The molecule has 0 radical (unpaired) electrons. The van der Waals surface area contributed by atoms with E-state index >= 15 is 0 Å². The fraction of sp³-hybridized carbons (Fsp3) is 0.625. The molecule has 1 atom stereocenters. The highest BCUT2D eigenvalue weighted by atomic mass is 32.2. The van der Waals surface area contributed by atoms with Gasteiger partial charge in [0.2, 0.25) is 0 Å². The average Bonchev–Trinajstić information content (AvgIpc) is 2.54. The molecular weight excluding hydrogens is 284 g/mol. The van der Waals surface area contributed by atoms with E-state index in [-0.39, 0.29) is 6.04 Å². The van der Waals surface area contributed by atoms with Gasteiger partial charge >= 0.3 is 0 Å². The van der Waals surface area contributed by atoms with Crippen molar-refractivity contribution in [3.8, 4) is 0 Å². The first-order valence-corrected chi connectivity index (χ1v) is 9.31. The van der Waals surface area contributed by atoms with Gasteiger partial charge in [0.05, 0.1) is 6.04 Å². The lowest BCUT2D eigenvalue weighted by Gasteiger charge is -2.36. The Kier molecular flexibility index (Phi) is 4.33. The van der Waals surface area contributed by atoms with Gasteiger partial charge in [-0.1, -0.05) is 30.7 Å². The van der Waals surface area contributed by atoms with Crippen LogP contribution in [-0.2, 0) is 16.6 Å². The van der Waals surface area contributed by atoms with E-state index in [1.165, 1.54) is 11.1 Å². The second kappa shape index (κ2) is 6.07.